The summed E-state index contributed by atoms with van der Waals surface area (Å²) in [6, 6.07) is 17.1. The van der Waals surface area contributed by atoms with E-state index in [1.54, 1.807) is 6.92 Å². The van der Waals surface area contributed by atoms with Gasteiger partial charge in [0, 0.05) is 23.0 Å². The number of nitrogens with one attached hydrogen (secondary N) is 1. The lowest BCUT2D eigenvalue weighted by molar-refractivity contribution is -0.145. The van der Waals surface area contributed by atoms with E-state index in [0.29, 0.717) is 6.61 Å². The number of ether oxygens (including phenoxy) is 1. The van der Waals surface area contributed by atoms with Gasteiger partial charge in [-0.1, -0.05) is 48.5 Å². The van der Waals surface area contributed by atoms with E-state index in [4.69, 9.17) is 10.5 Å². The van der Waals surface area contributed by atoms with Gasteiger partial charge in [0.05, 0.1) is 6.61 Å². The number of nitrogens with two attached hydrogens (primary N) is 1. The highest BCUT2D eigenvalue weighted by Gasteiger charge is 2.30. The maximum absolute atomic E-state index is 12.2. The minimum absolute atomic E-state index is 0.258. The molecule has 1 aromatic heterocycles. The first kappa shape index (κ1) is 15.3. The van der Waals surface area contributed by atoms with E-state index < -0.39 is 6.04 Å². The molecule has 3 N–H and O–H groups in total. The quantitative estimate of drug-likeness (QED) is 0.711. The molecule has 0 radical (unpaired) electrons. The first-order chi connectivity index (χ1) is 11.2. The molecule has 0 aliphatic heterocycles. The number of hydrogen-bond donors (Lipinski definition) is 2. The minimum Gasteiger partial charge on any atom is -0.465 e. The molecular formula is C19H20N2O2. The van der Waals surface area contributed by atoms with E-state index >= 15 is 0 Å². The summed E-state index contributed by atoms with van der Waals surface area (Å²) in [6.07, 6.45) is 1.93. The monoisotopic (exact) mass is 308 g/mol. The molecule has 3 rings (SSSR count). The fourth-order valence-corrected chi connectivity index (χ4v) is 2.97. The summed E-state index contributed by atoms with van der Waals surface area (Å²) in [5, 5.41) is 1.07. The van der Waals surface area contributed by atoms with Crippen LogP contribution in [0.25, 0.3) is 10.9 Å². The number of para-hydroxylation sites is 1. The lowest BCUT2D eigenvalue weighted by atomic mass is 9.85. The number of fused-ring (bicyclic) bond motifs is 1. The molecule has 0 amide bonds. The van der Waals surface area contributed by atoms with Crippen LogP contribution in [0, 0.1) is 0 Å². The SMILES string of the molecule is CCOC(=O)[C@@H](N)[C@@H](c1ccccc1)c1c[nH]c2ccccc12. The molecule has 2 aromatic carbocycles. The van der Waals surface area contributed by atoms with Crippen molar-refractivity contribution in [2.24, 2.45) is 5.73 Å². The number of esters is 1. The molecule has 0 spiro atoms. The third-order valence-electron chi connectivity index (χ3n) is 4.03. The van der Waals surface area contributed by atoms with Crippen molar-refractivity contribution in [3.63, 3.8) is 0 Å². The van der Waals surface area contributed by atoms with Crippen LogP contribution in [0.5, 0.6) is 0 Å². The molecule has 0 saturated carbocycles. The van der Waals surface area contributed by atoms with Gasteiger partial charge >= 0.3 is 5.97 Å². The van der Waals surface area contributed by atoms with Gasteiger partial charge in [0.15, 0.2) is 0 Å². The van der Waals surface area contributed by atoms with Crippen LogP contribution >= 0.6 is 0 Å². The van der Waals surface area contributed by atoms with E-state index in [1.165, 1.54) is 0 Å². The molecule has 0 aliphatic carbocycles. The largest absolute Gasteiger partial charge is 0.465 e. The number of rotatable bonds is 5. The molecule has 1 heterocycles. The van der Waals surface area contributed by atoms with Gasteiger partial charge < -0.3 is 15.5 Å². The number of aromatic nitrogens is 1. The Hall–Kier alpha value is -2.59. The number of carbonyl (C=O) groups is 1. The molecule has 23 heavy (non-hydrogen) atoms. The van der Waals surface area contributed by atoms with Crippen molar-refractivity contribution in [1.82, 2.24) is 4.98 Å². The summed E-state index contributed by atoms with van der Waals surface area (Å²) in [5.41, 5.74) is 9.31. The third-order valence-corrected chi connectivity index (χ3v) is 4.03. The summed E-state index contributed by atoms with van der Waals surface area (Å²) in [7, 11) is 0. The number of carbonyl (C=O) groups excluding carboxylic acids is 1. The highest BCUT2D eigenvalue weighted by molar-refractivity contribution is 5.86. The Balaban J connectivity index is 2.10. The van der Waals surface area contributed by atoms with Gasteiger partial charge in [0.1, 0.15) is 6.04 Å². The second-order valence-electron chi connectivity index (χ2n) is 5.46. The van der Waals surface area contributed by atoms with Crippen LogP contribution in [0.2, 0.25) is 0 Å². The van der Waals surface area contributed by atoms with Crippen LogP contribution in [-0.4, -0.2) is 23.6 Å². The van der Waals surface area contributed by atoms with Crippen LogP contribution in [0.3, 0.4) is 0 Å². The van der Waals surface area contributed by atoms with Crippen molar-refractivity contribution in [2.45, 2.75) is 18.9 Å². The van der Waals surface area contributed by atoms with E-state index in [9.17, 15) is 4.79 Å². The van der Waals surface area contributed by atoms with Crippen molar-refractivity contribution in [1.29, 1.82) is 0 Å². The van der Waals surface area contributed by atoms with Gasteiger partial charge in [-0.25, -0.2) is 0 Å². The smallest absolute Gasteiger partial charge is 0.323 e. The summed E-state index contributed by atoms with van der Waals surface area (Å²) in [4.78, 5) is 15.5. The van der Waals surface area contributed by atoms with Crippen LogP contribution in [0.1, 0.15) is 24.0 Å². The van der Waals surface area contributed by atoms with Crippen LogP contribution in [0.4, 0.5) is 0 Å². The molecule has 118 valence electrons. The van der Waals surface area contributed by atoms with Crippen molar-refractivity contribution in [3.8, 4) is 0 Å². The Morgan fingerprint density at radius 1 is 1.13 bits per heavy atom. The van der Waals surface area contributed by atoms with Gasteiger partial charge in [-0.15, -0.1) is 0 Å². The van der Waals surface area contributed by atoms with Gasteiger partial charge in [-0.2, -0.15) is 0 Å². The Kier molecular flexibility index (Phi) is 4.44. The number of benzene rings is 2. The standard InChI is InChI=1S/C19H20N2O2/c1-2-23-19(22)18(20)17(13-8-4-3-5-9-13)15-12-21-16-11-7-6-10-14(15)16/h3-12,17-18,21H,2,20H2,1H3/t17-,18-/m0/s1. The van der Waals surface area contributed by atoms with Crippen LogP contribution in [-0.2, 0) is 9.53 Å². The third kappa shape index (κ3) is 2.98. The van der Waals surface area contributed by atoms with Gasteiger partial charge in [0.25, 0.3) is 0 Å². The highest BCUT2D eigenvalue weighted by atomic mass is 16.5. The van der Waals surface area contributed by atoms with Crippen molar-refractivity contribution < 1.29 is 9.53 Å². The van der Waals surface area contributed by atoms with Gasteiger partial charge in [0.2, 0.25) is 0 Å². The maximum atomic E-state index is 12.2. The van der Waals surface area contributed by atoms with E-state index in [0.717, 1.165) is 22.0 Å². The number of hydrogen-bond acceptors (Lipinski definition) is 3. The normalized spacial score (nSPS) is 13.7. The molecule has 3 aromatic rings. The Morgan fingerprint density at radius 2 is 1.83 bits per heavy atom. The molecular weight excluding hydrogens is 288 g/mol. The lowest BCUT2D eigenvalue weighted by Gasteiger charge is -2.23. The van der Waals surface area contributed by atoms with E-state index in [1.807, 2.05) is 60.8 Å². The van der Waals surface area contributed by atoms with Crippen molar-refractivity contribution in [3.05, 3.63) is 71.9 Å². The summed E-state index contributed by atoms with van der Waals surface area (Å²) < 4.78 is 5.14. The summed E-state index contributed by atoms with van der Waals surface area (Å²) in [5.74, 6) is -0.641. The predicted molar refractivity (Wildman–Crippen MR) is 91.2 cm³/mol. The van der Waals surface area contributed by atoms with Crippen LogP contribution in [0.15, 0.2) is 60.8 Å². The minimum atomic E-state index is -0.753. The lowest BCUT2D eigenvalue weighted by Crippen LogP contribution is -2.38. The zero-order chi connectivity index (χ0) is 16.2. The molecule has 4 heteroatoms. The number of H-pyrrole nitrogens is 1. The van der Waals surface area contributed by atoms with Gasteiger partial charge in [-0.05, 0) is 24.1 Å². The fraction of sp³-hybridized carbons (Fsp3) is 0.211. The Morgan fingerprint density at radius 3 is 2.57 bits per heavy atom. The van der Waals surface area contributed by atoms with Crippen LogP contribution < -0.4 is 5.73 Å². The second kappa shape index (κ2) is 6.67. The number of aromatic amines is 1. The van der Waals surface area contributed by atoms with Crippen molar-refractivity contribution >= 4 is 16.9 Å². The zero-order valence-electron chi connectivity index (χ0n) is 13.0. The maximum Gasteiger partial charge on any atom is 0.323 e. The Bertz CT molecular complexity index is 795. The zero-order valence-corrected chi connectivity index (χ0v) is 13.0. The highest BCUT2D eigenvalue weighted by Crippen LogP contribution is 2.33. The average Bonchev–Trinajstić information content (AvgIpc) is 3.00. The topological polar surface area (TPSA) is 68.1 Å². The van der Waals surface area contributed by atoms with E-state index in [-0.39, 0.29) is 11.9 Å². The first-order valence-electron chi connectivity index (χ1n) is 7.75. The molecule has 0 unspecified atom stereocenters. The first-order valence-corrected chi connectivity index (χ1v) is 7.75. The molecule has 0 fully saturated rings. The Labute approximate surface area is 135 Å². The van der Waals surface area contributed by atoms with E-state index in [2.05, 4.69) is 4.98 Å². The molecule has 0 bridgehead atoms. The second-order valence-corrected chi connectivity index (χ2v) is 5.46. The summed E-state index contributed by atoms with van der Waals surface area (Å²) >= 11 is 0. The molecule has 2 atom stereocenters. The predicted octanol–water partition coefficient (Wildman–Crippen LogP) is 3.19. The summed E-state index contributed by atoms with van der Waals surface area (Å²) in [6.45, 7) is 2.11. The van der Waals surface area contributed by atoms with Crippen molar-refractivity contribution in [2.75, 3.05) is 6.61 Å². The molecule has 4 nitrogen and oxygen atoms in total. The van der Waals surface area contributed by atoms with Gasteiger partial charge in [-0.3, -0.25) is 4.79 Å². The average molecular weight is 308 g/mol. The molecule has 0 saturated heterocycles. The molecule has 0 aliphatic rings. The fourth-order valence-electron chi connectivity index (χ4n) is 2.97.